The van der Waals surface area contributed by atoms with E-state index in [4.69, 9.17) is 5.11 Å². The molecule has 0 unspecified atom stereocenters. The lowest BCUT2D eigenvalue weighted by Crippen LogP contribution is -2.46. The Morgan fingerprint density at radius 2 is 1.76 bits per heavy atom. The van der Waals surface area contributed by atoms with E-state index < -0.39 is 5.97 Å². The summed E-state index contributed by atoms with van der Waals surface area (Å²) in [5.74, 6) is -0.945. The van der Waals surface area contributed by atoms with E-state index in [0.29, 0.717) is 19.4 Å². The summed E-state index contributed by atoms with van der Waals surface area (Å²) >= 11 is 0. The number of carbonyl (C=O) groups excluding carboxylic acids is 1. The number of carbonyl (C=O) groups is 2. The lowest BCUT2D eigenvalue weighted by atomic mass is 9.86. The van der Waals surface area contributed by atoms with E-state index in [9.17, 15) is 9.59 Å². The fraction of sp³-hybridized carbons (Fsp3) is 0.867. The van der Waals surface area contributed by atoms with Gasteiger partial charge in [-0.1, -0.05) is 0 Å². The van der Waals surface area contributed by atoms with Crippen molar-refractivity contribution in [1.29, 1.82) is 0 Å². The smallest absolute Gasteiger partial charge is 0.317 e. The van der Waals surface area contributed by atoms with Crippen molar-refractivity contribution >= 4 is 12.0 Å². The number of aliphatic carboxylic acids is 1. The fourth-order valence-corrected chi connectivity index (χ4v) is 2.73. The maximum absolute atomic E-state index is 12.2. The van der Waals surface area contributed by atoms with Gasteiger partial charge in [-0.15, -0.1) is 0 Å². The van der Waals surface area contributed by atoms with Crippen LogP contribution in [0.4, 0.5) is 4.79 Å². The molecule has 0 aromatic rings. The van der Waals surface area contributed by atoms with E-state index >= 15 is 0 Å². The first-order valence-electron chi connectivity index (χ1n) is 7.87. The number of carboxylic acid groups (broad SMARTS) is 1. The molecule has 2 N–H and O–H groups in total. The predicted molar refractivity (Wildman–Crippen MR) is 82.3 cm³/mol. The minimum Gasteiger partial charge on any atom is -0.481 e. The topological polar surface area (TPSA) is 72.9 Å². The van der Waals surface area contributed by atoms with Crippen LogP contribution in [0.15, 0.2) is 0 Å². The Bertz CT molecular complexity index is 339. The summed E-state index contributed by atoms with van der Waals surface area (Å²) in [7, 11) is 4.05. The Kier molecular flexibility index (Phi) is 7.50. The van der Waals surface area contributed by atoms with Crippen LogP contribution in [-0.4, -0.2) is 66.7 Å². The number of nitrogens with one attached hydrogen (secondary N) is 1. The van der Waals surface area contributed by atoms with Crippen molar-refractivity contribution in [2.75, 3.05) is 33.7 Å². The van der Waals surface area contributed by atoms with Crippen molar-refractivity contribution in [3.63, 3.8) is 0 Å². The van der Waals surface area contributed by atoms with E-state index in [0.717, 1.165) is 32.4 Å². The van der Waals surface area contributed by atoms with Gasteiger partial charge in [-0.25, -0.2) is 4.79 Å². The zero-order valence-corrected chi connectivity index (χ0v) is 13.5. The number of carboxylic acids is 1. The number of amides is 2. The van der Waals surface area contributed by atoms with E-state index in [1.54, 1.807) is 0 Å². The third-order valence-electron chi connectivity index (χ3n) is 4.11. The second-order valence-corrected chi connectivity index (χ2v) is 6.07. The second kappa shape index (κ2) is 8.87. The Balaban J connectivity index is 2.32. The molecule has 21 heavy (non-hydrogen) atoms. The molecular weight excluding hydrogens is 270 g/mol. The molecule has 0 spiro atoms. The third kappa shape index (κ3) is 6.33. The Morgan fingerprint density at radius 1 is 1.14 bits per heavy atom. The van der Waals surface area contributed by atoms with Gasteiger partial charge in [-0.3, -0.25) is 4.79 Å². The molecule has 0 aromatic carbocycles. The van der Waals surface area contributed by atoms with Crippen molar-refractivity contribution < 1.29 is 14.7 Å². The van der Waals surface area contributed by atoms with Gasteiger partial charge in [0.2, 0.25) is 0 Å². The van der Waals surface area contributed by atoms with Crippen molar-refractivity contribution in [2.24, 2.45) is 5.92 Å². The van der Waals surface area contributed by atoms with Crippen LogP contribution in [0, 0.1) is 5.92 Å². The summed E-state index contributed by atoms with van der Waals surface area (Å²) in [5, 5.41) is 12.0. The maximum Gasteiger partial charge on any atom is 0.317 e. The van der Waals surface area contributed by atoms with Gasteiger partial charge in [-0.2, -0.15) is 0 Å². The van der Waals surface area contributed by atoms with E-state index in [1.165, 1.54) is 0 Å². The van der Waals surface area contributed by atoms with Gasteiger partial charge in [0.25, 0.3) is 0 Å². The van der Waals surface area contributed by atoms with Gasteiger partial charge in [-0.05, 0) is 59.7 Å². The van der Waals surface area contributed by atoms with Gasteiger partial charge in [0.05, 0.1) is 5.92 Å². The van der Waals surface area contributed by atoms with Crippen molar-refractivity contribution in [2.45, 2.75) is 45.1 Å². The minimum atomic E-state index is -0.710. The Hall–Kier alpha value is -1.30. The molecule has 1 aliphatic rings. The zero-order chi connectivity index (χ0) is 15.8. The lowest BCUT2D eigenvalue weighted by Gasteiger charge is -2.30. The molecule has 122 valence electrons. The summed E-state index contributed by atoms with van der Waals surface area (Å²) in [6.07, 6.45) is 3.80. The van der Waals surface area contributed by atoms with Crippen molar-refractivity contribution in [3.8, 4) is 0 Å². The molecule has 0 aliphatic heterocycles. The van der Waals surface area contributed by atoms with Crippen LogP contribution in [0.25, 0.3) is 0 Å². The molecule has 0 bridgehead atoms. The average Bonchev–Trinajstić information content (AvgIpc) is 2.43. The van der Waals surface area contributed by atoms with Crippen LogP contribution in [0.2, 0.25) is 0 Å². The van der Waals surface area contributed by atoms with Crippen LogP contribution < -0.4 is 5.32 Å². The Morgan fingerprint density at radius 3 is 2.24 bits per heavy atom. The molecule has 0 atom stereocenters. The SMILES string of the molecule is CCN(CCCN(C)C)C(=O)NC1CCC(C(=O)O)CC1. The van der Waals surface area contributed by atoms with Gasteiger partial charge in [0.1, 0.15) is 0 Å². The van der Waals surface area contributed by atoms with Gasteiger partial charge >= 0.3 is 12.0 Å². The molecular formula is C15H29N3O3. The number of nitrogens with zero attached hydrogens (tertiary/aromatic N) is 2. The van der Waals surface area contributed by atoms with Gasteiger partial charge in [0.15, 0.2) is 0 Å². The van der Waals surface area contributed by atoms with Crippen LogP contribution in [0.5, 0.6) is 0 Å². The number of hydrogen-bond donors (Lipinski definition) is 2. The molecule has 1 fully saturated rings. The van der Waals surface area contributed by atoms with Crippen molar-refractivity contribution in [3.05, 3.63) is 0 Å². The Labute approximate surface area is 127 Å². The second-order valence-electron chi connectivity index (χ2n) is 6.07. The molecule has 2 amide bonds. The van der Waals surface area contributed by atoms with Crippen LogP contribution in [0.1, 0.15) is 39.0 Å². The van der Waals surface area contributed by atoms with E-state index in [-0.39, 0.29) is 18.0 Å². The van der Waals surface area contributed by atoms with Crippen LogP contribution >= 0.6 is 0 Å². The summed E-state index contributed by atoms with van der Waals surface area (Å²) in [5.41, 5.74) is 0. The molecule has 1 rings (SSSR count). The molecule has 6 heteroatoms. The summed E-state index contributed by atoms with van der Waals surface area (Å²) in [4.78, 5) is 27.1. The molecule has 0 heterocycles. The third-order valence-corrected chi connectivity index (χ3v) is 4.11. The summed E-state index contributed by atoms with van der Waals surface area (Å²) in [6.45, 7) is 4.40. The molecule has 0 saturated heterocycles. The summed E-state index contributed by atoms with van der Waals surface area (Å²) < 4.78 is 0. The quantitative estimate of drug-likeness (QED) is 0.749. The first-order valence-corrected chi connectivity index (χ1v) is 7.87. The maximum atomic E-state index is 12.2. The predicted octanol–water partition coefficient (Wildman–Crippen LogP) is 1.61. The normalized spacial score (nSPS) is 22.1. The summed E-state index contributed by atoms with van der Waals surface area (Å²) in [6, 6.07) is 0.103. The van der Waals surface area contributed by atoms with Gasteiger partial charge < -0.3 is 20.2 Å². The monoisotopic (exact) mass is 299 g/mol. The van der Waals surface area contributed by atoms with Crippen LogP contribution in [0.3, 0.4) is 0 Å². The standard InChI is InChI=1S/C15H29N3O3/c1-4-18(11-5-10-17(2)3)15(21)16-13-8-6-12(7-9-13)14(19)20/h12-13H,4-11H2,1-3H3,(H,16,21)(H,19,20). The number of hydrogen-bond acceptors (Lipinski definition) is 3. The molecule has 0 aromatic heterocycles. The molecule has 1 aliphatic carbocycles. The zero-order valence-electron chi connectivity index (χ0n) is 13.5. The molecule has 6 nitrogen and oxygen atoms in total. The average molecular weight is 299 g/mol. The number of urea groups is 1. The lowest BCUT2D eigenvalue weighted by molar-refractivity contribution is -0.142. The first-order chi connectivity index (χ1) is 9.93. The first kappa shape index (κ1) is 17.8. The van der Waals surface area contributed by atoms with E-state index in [1.807, 2.05) is 25.9 Å². The number of rotatable bonds is 7. The largest absolute Gasteiger partial charge is 0.481 e. The highest BCUT2D eigenvalue weighted by Crippen LogP contribution is 2.24. The molecule has 1 saturated carbocycles. The minimum absolute atomic E-state index is 0.0185. The van der Waals surface area contributed by atoms with Crippen LogP contribution in [-0.2, 0) is 4.79 Å². The van der Waals surface area contributed by atoms with Gasteiger partial charge in [0, 0.05) is 19.1 Å². The van der Waals surface area contributed by atoms with E-state index in [2.05, 4.69) is 10.2 Å². The molecule has 0 radical (unpaired) electrons. The van der Waals surface area contributed by atoms with Crippen molar-refractivity contribution in [1.82, 2.24) is 15.1 Å². The fourth-order valence-electron chi connectivity index (χ4n) is 2.73. The highest BCUT2D eigenvalue weighted by atomic mass is 16.4. The highest BCUT2D eigenvalue weighted by molar-refractivity contribution is 5.74. The highest BCUT2D eigenvalue weighted by Gasteiger charge is 2.27.